The van der Waals surface area contributed by atoms with Gasteiger partial charge in [-0.05, 0) is 60.6 Å². The molecule has 0 saturated carbocycles. The Morgan fingerprint density at radius 1 is 0.581 bits per heavy atom. The monoisotopic (exact) mass is 428 g/mol. The SMILES string of the molecule is CC(C)(C)c1ccc(-c2ccc(C(C)(C)C)c3[pH]c4cc(C(C)(C)C)ccc4c23)cc1. The molecule has 0 fully saturated rings. The van der Waals surface area contributed by atoms with Gasteiger partial charge in [0.15, 0.2) is 0 Å². The summed E-state index contributed by atoms with van der Waals surface area (Å²) in [6, 6.07) is 21.2. The number of hydrogen-bond acceptors (Lipinski definition) is 0. The van der Waals surface area contributed by atoms with Gasteiger partial charge in [0.2, 0.25) is 0 Å². The second-order valence-electron chi connectivity index (χ2n) is 12.1. The van der Waals surface area contributed by atoms with E-state index in [4.69, 9.17) is 0 Å². The summed E-state index contributed by atoms with van der Waals surface area (Å²) in [4.78, 5) is 0. The smallest absolute Gasteiger partial charge is 0.00375 e. The molecule has 1 unspecified atom stereocenters. The fraction of sp³-hybridized carbons (Fsp3) is 0.400. The van der Waals surface area contributed by atoms with E-state index in [-0.39, 0.29) is 16.2 Å². The molecule has 4 rings (SSSR count). The molecular formula is C30H37P. The fourth-order valence-corrected chi connectivity index (χ4v) is 6.32. The van der Waals surface area contributed by atoms with Gasteiger partial charge in [0.25, 0.3) is 0 Å². The Kier molecular flexibility index (Phi) is 5.18. The molecule has 0 saturated heterocycles. The normalized spacial score (nSPS) is 13.6. The molecule has 31 heavy (non-hydrogen) atoms. The van der Waals surface area contributed by atoms with Crippen molar-refractivity contribution in [2.75, 3.05) is 0 Å². The zero-order valence-corrected chi connectivity index (χ0v) is 21.7. The van der Waals surface area contributed by atoms with E-state index in [1.807, 2.05) is 0 Å². The van der Waals surface area contributed by atoms with Crippen LogP contribution >= 0.6 is 8.19 Å². The van der Waals surface area contributed by atoms with Crippen molar-refractivity contribution in [3.8, 4) is 11.1 Å². The Morgan fingerprint density at radius 2 is 1.16 bits per heavy atom. The van der Waals surface area contributed by atoms with Crippen LogP contribution in [0.25, 0.3) is 32.1 Å². The average molecular weight is 429 g/mol. The van der Waals surface area contributed by atoms with Crippen molar-refractivity contribution < 1.29 is 0 Å². The molecule has 0 N–H and O–H groups in total. The van der Waals surface area contributed by atoms with Gasteiger partial charge in [-0.3, -0.25) is 0 Å². The lowest BCUT2D eigenvalue weighted by molar-refractivity contribution is 0.590. The van der Waals surface area contributed by atoms with E-state index in [1.165, 1.54) is 43.7 Å². The molecule has 0 aliphatic heterocycles. The quantitative estimate of drug-likeness (QED) is 0.283. The summed E-state index contributed by atoms with van der Waals surface area (Å²) < 4.78 is 0. The van der Waals surface area contributed by atoms with Crippen LogP contribution in [-0.4, -0.2) is 0 Å². The molecule has 162 valence electrons. The van der Waals surface area contributed by atoms with Gasteiger partial charge in [-0.15, -0.1) is 8.19 Å². The summed E-state index contributed by atoms with van der Waals surface area (Å²) in [6.45, 7) is 20.8. The maximum atomic E-state index is 2.46. The van der Waals surface area contributed by atoms with Crippen molar-refractivity contribution in [2.24, 2.45) is 0 Å². The zero-order chi connectivity index (χ0) is 22.8. The largest absolute Gasteiger partial charge is 0.123 e. The highest BCUT2D eigenvalue weighted by atomic mass is 31.0. The Balaban J connectivity index is 2.02. The maximum absolute atomic E-state index is 2.46. The second-order valence-corrected chi connectivity index (χ2v) is 13.4. The van der Waals surface area contributed by atoms with Crippen LogP contribution < -0.4 is 0 Å². The lowest BCUT2D eigenvalue weighted by Crippen LogP contribution is -2.11. The molecule has 0 aliphatic rings. The second kappa shape index (κ2) is 7.25. The van der Waals surface area contributed by atoms with Crippen LogP contribution in [-0.2, 0) is 16.2 Å². The predicted molar refractivity (Wildman–Crippen MR) is 142 cm³/mol. The molecule has 1 heteroatoms. The van der Waals surface area contributed by atoms with Crippen LogP contribution in [0.4, 0.5) is 0 Å². The molecule has 0 nitrogen and oxygen atoms in total. The molecule has 1 heterocycles. The molecule has 0 amide bonds. The fourth-order valence-electron chi connectivity index (χ4n) is 4.49. The van der Waals surface area contributed by atoms with Gasteiger partial charge in [0, 0.05) is 10.5 Å². The summed E-state index contributed by atoms with van der Waals surface area (Å²) in [7, 11) is 0.729. The summed E-state index contributed by atoms with van der Waals surface area (Å²) in [5, 5.41) is 5.95. The summed E-state index contributed by atoms with van der Waals surface area (Å²) in [5.74, 6) is 0. The van der Waals surface area contributed by atoms with Gasteiger partial charge in [0.1, 0.15) is 0 Å². The van der Waals surface area contributed by atoms with Crippen LogP contribution in [0.2, 0.25) is 0 Å². The summed E-state index contributed by atoms with van der Waals surface area (Å²) in [6.07, 6.45) is 0. The van der Waals surface area contributed by atoms with Gasteiger partial charge in [-0.2, -0.15) is 0 Å². The molecule has 1 aromatic heterocycles. The van der Waals surface area contributed by atoms with Crippen molar-refractivity contribution >= 4 is 29.2 Å². The molecule has 0 aliphatic carbocycles. The van der Waals surface area contributed by atoms with E-state index in [0.717, 1.165) is 8.19 Å². The van der Waals surface area contributed by atoms with Gasteiger partial charge in [-0.25, -0.2) is 0 Å². The van der Waals surface area contributed by atoms with Gasteiger partial charge in [0.05, 0.1) is 0 Å². The number of hydrogen-bond donors (Lipinski definition) is 0. The molecule has 0 radical (unpaired) electrons. The highest BCUT2D eigenvalue weighted by Gasteiger charge is 2.22. The first-order valence-corrected chi connectivity index (χ1v) is 12.5. The van der Waals surface area contributed by atoms with Crippen molar-refractivity contribution in [2.45, 2.75) is 78.6 Å². The van der Waals surface area contributed by atoms with E-state index in [2.05, 4.69) is 117 Å². The Labute approximate surface area is 190 Å². The summed E-state index contributed by atoms with van der Waals surface area (Å²) >= 11 is 0. The van der Waals surface area contributed by atoms with E-state index < -0.39 is 0 Å². The zero-order valence-electron chi connectivity index (χ0n) is 20.7. The topological polar surface area (TPSA) is 0 Å². The molecule has 3 aromatic carbocycles. The Bertz CT molecular complexity index is 1250. The first kappa shape index (κ1) is 22.2. The van der Waals surface area contributed by atoms with Crippen molar-refractivity contribution in [3.63, 3.8) is 0 Å². The Morgan fingerprint density at radius 3 is 1.71 bits per heavy atom. The first-order valence-electron chi connectivity index (χ1n) is 11.5. The first-order chi connectivity index (χ1) is 14.3. The molecular weight excluding hydrogens is 391 g/mol. The summed E-state index contributed by atoms with van der Waals surface area (Å²) in [5.41, 5.74) is 7.49. The number of fused-ring (bicyclic) bond motifs is 3. The minimum absolute atomic E-state index is 0.139. The third-order valence-corrected chi connectivity index (χ3v) is 7.94. The predicted octanol–water partition coefficient (Wildman–Crippen LogP) is 9.58. The van der Waals surface area contributed by atoms with E-state index in [1.54, 1.807) is 5.12 Å². The standard InChI is InChI=1S/C30H37P/c1-28(2,3)20-12-10-19(11-13-20)22-16-17-24(30(7,8)9)27-26(22)23-15-14-21(29(4,5)6)18-25(23)31-27/h10-18,31H,1-9H3. The molecule has 4 aromatic rings. The number of rotatable bonds is 1. The van der Waals surface area contributed by atoms with Crippen molar-refractivity contribution in [3.05, 3.63) is 71.3 Å². The van der Waals surface area contributed by atoms with Crippen LogP contribution in [0, 0.1) is 0 Å². The molecule has 0 bridgehead atoms. The number of benzene rings is 3. The van der Waals surface area contributed by atoms with Crippen molar-refractivity contribution in [1.29, 1.82) is 0 Å². The van der Waals surface area contributed by atoms with Crippen LogP contribution in [0.15, 0.2) is 54.6 Å². The van der Waals surface area contributed by atoms with Crippen LogP contribution in [0.3, 0.4) is 0 Å². The van der Waals surface area contributed by atoms with Gasteiger partial charge < -0.3 is 0 Å². The van der Waals surface area contributed by atoms with Crippen LogP contribution in [0.5, 0.6) is 0 Å². The lowest BCUT2D eigenvalue weighted by atomic mass is 9.83. The maximum Gasteiger partial charge on any atom is 0.00375 e. The molecule has 1 atom stereocenters. The highest BCUT2D eigenvalue weighted by molar-refractivity contribution is 7.44. The third kappa shape index (κ3) is 4.08. The van der Waals surface area contributed by atoms with E-state index in [9.17, 15) is 0 Å². The lowest BCUT2D eigenvalue weighted by Gasteiger charge is -2.22. The van der Waals surface area contributed by atoms with Crippen LogP contribution in [0.1, 0.15) is 79.0 Å². The van der Waals surface area contributed by atoms with Gasteiger partial charge >= 0.3 is 0 Å². The molecule has 0 spiro atoms. The Hall–Kier alpha value is -2.04. The van der Waals surface area contributed by atoms with Gasteiger partial charge in [-0.1, -0.05) is 111 Å². The van der Waals surface area contributed by atoms with Crippen molar-refractivity contribution in [1.82, 2.24) is 0 Å². The minimum atomic E-state index is 0.139. The minimum Gasteiger partial charge on any atom is -0.123 e. The highest BCUT2D eigenvalue weighted by Crippen LogP contribution is 2.48. The average Bonchev–Trinajstić information content (AvgIpc) is 3.03. The van der Waals surface area contributed by atoms with E-state index in [0.29, 0.717) is 0 Å². The van der Waals surface area contributed by atoms with E-state index >= 15 is 0 Å². The third-order valence-electron chi connectivity index (χ3n) is 6.49.